The lowest BCUT2D eigenvalue weighted by Gasteiger charge is -2.40. The summed E-state index contributed by atoms with van der Waals surface area (Å²) in [5, 5.41) is 75.5. The minimum Gasteiger partial charge on any atom is -0.394 e. The minimum atomic E-state index is -1.67. The molecule has 1 rings (SSSR count). The van der Waals surface area contributed by atoms with Crippen LogP contribution in [0.15, 0.2) is 12.2 Å². The Balaban J connectivity index is 2.44. The summed E-state index contributed by atoms with van der Waals surface area (Å²) in [6, 6.07) is -1.19. The summed E-state index contributed by atoms with van der Waals surface area (Å²) in [5.74, 6) is -0.712. The topological polar surface area (TPSA) is 189 Å². The summed E-state index contributed by atoms with van der Waals surface area (Å²) in [5.41, 5.74) is 0. The summed E-state index contributed by atoms with van der Waals surface area (Å²) in [6.07, 6.45) is 27.1. The highest BCUT2D eigenvalue weighted by atomic mass is 16.7. The van der Waals surface area contributed by atoms with Crippen LogP contribution in [-0.4, -0.2) is 110 Å². The van der Waals surface area contributed by atoms with Crippen LogP contribution in [0.25, 0.3) is 0 Å². The molecule has 0 radical (unpaired) electrons. The van der Waals surface area contributed by atoms with Crippen LogP contribution in [0.4, 0.5) is 0 Å². The molecule has 1 aliphatic rings. The van der Waals surface area contributed by atoms with Gasteiger partial charge in [0, 0.05) is 0 Å². The van der Waals surface area contributed by atoms with E-state index in [1.165, 1.54) is 135 Å². The van der Waals surface area contributed by atoms with Crippen molar-refractivity contribution in [2.45, 2.75) is 262 Å². The van der Waals surface area contributed by atoms with Gasteiger partial charge in [0.1, 0.15) is 36.6 Å². The minimum absolute atomic E-state index is 0.132. The quantitative estimate of drug-likeness (QED) is 0.0226. The summed E-state index contributed by atoms with van der Waals surface area (Å²) in [4.78, 5) is 13.1. The van der Waals surface area contributed by atoms with Crippen molar-refractivity contribution in [1.29, 1.82) is 0 Å². The van der Waals surface area contributed by atoms with Crippen molar-refractivity contribution in [1.82, 2.24) is 5.32 Å². The molecule has 1 heterocycles. The molecule has 1 saturated heterocycles. The Hall–Kier alpha value is -1.15. The van der Waals surface area contributed by atoms with E-state index >= 15 is 0 Å². The van der Waals surface area contributed by atoms with Gasteiger partial charge in [-0.15, -0.1) is 0 Å². The van der Waals surface area contributed by atoms with E-state index < -0.39 is 74.2 Å². The molecule has 0 bridgehead atoms. The molecule has 338 valence electrons. The van der Waals surface area contributed by atoms with Crippen molar-refractivity contribution in [3.63, 3.8) is 0 Å². The van der Waals surface area contributed by atoms with Gasteiger partial charge in [0.05, 0.1) is 25.4 Å². The Bertz CT molecular complexity index is 939. The van der Waals surface area contributed by atoms with E-state index in [0.717, 1.165) is 38.5 Å². The second kappa shape index (κ2) is 36.7. The maximum absolute atomic E-state index is 13.1. The zero-order chi connectivity index (χ0) is 41.9. The van der Waals surface area contributed by atoms with Crippen LogP contribution in [0.3, 0.4) is 0 Å². The lowest BCUT2D eigenvalue weighted by molar-refractivity contribution is -0.303. The fourth-order valence-electron chi connectivity index (χ4n) is 7.61. The molecule has 1 fully saturated rings. The fraction of sp³-hybridized carbons (Fsp3) is 0.935. The number of allylic oxidation sites excluding steroid dienone is 1. The first-order valence-electron chi connectivity index (χ1n) is 23.6. The molecular weight excluding hydrogens is 727 g/mol. The number of amides is 1. The zero-order valence-corrected chi connectivity index (χ0v) is 36.3. The van der Waals surface area contributed by atoms with Gasteiger partial charge in [-0.25, -0.2) is 0 Å². The van der Waals surface area contributed by atoms with Crippen molar-refractivity contribution in [3.05, 3.63) is 12.2 Å². The van der Waals surface area contributed by atoms with Crippen LogP contribution in [-0.2, 0) is 14.3 Å². The molecule has 0 aliphatic carbocycles. The van der Waals surface area contributed by atoms with Gasteiger partial charge in [-0.1, -0.05) is 193 Å². The molecule has 11 nitrogen and oxygen atoms in total. The Morgan fingerprint density at radius 3 is 1.51 bits per heavy atom. The van der Waals surface area contributed by atoms with E-state index in [1.807, 2.05) is 12.2 Å². The number of carbonyl (C=O) groups excluding carboxylic acids is 1. The van der Waals surface area contributed by atoms with E-state index in [-0.39, 0.29) is 12.8 Å². The number of hydrogen-bond donors (Lipinski definition) is 8. The van der Waals surface area contributed by atoms with Gasteiger partial charge < -0.3 is 50.5 Å². The third-order valence-electron chi connectivity index (χ3n) is 11.6. The molecule has 0 aromatic rings. The monoisotopic (exact) mass is 816 g/mol. The highest BCUT2D eigenvalue weighted by molar-refractivity contribution is 5.80. The van der Waals surface area contributed by atoms with E-state index in [0.29, 0.717) is 6.42 Å². The number of aliphatic hydroxyl groups excluding tert-OH is 7. The van der Waals surface area contributed by atoms with Gasteiger partial charge in [-0.3, -0.25) is 4.79 Å². The highest BCUT2D eigenvalue weighted by Gasteiger charge is 2.44. The lowest BCUT2D eigenvalue weighted by atomic mass is 9.99. The van der Waals surface area contributed by atoms with E-state index in [2.05, 4.69) is 19.2 Å². The van der Waals surface area contributed by atoms with E-state index in [1.54, 1.807) is 0 Å². The molecule has 9 unspecified atom stereocenters. The predicted molar refractivity (Wildman–Crippen MR) is 229 cm³/mol. The fourth-order valence-corrected chi connectivity index (χ4v) is 7.61. The molecular formula is C46H89NO10. The standard InChI is InChI=1S/C46H89NO10/c1-3-5-7-9-11-13-15-17-18-19-20-21-22-24-26-28-30-32-34-39(50)45(55)47-37(36-56-46-44(54)43(53)42(52)40(35-48)57-46)41(51)38(49)33-31-29-27-25-23-16-14-12-10-8-6-4-2/h29,31,37-44,46,48-54H,3-28,30,32-36H2,1-2H3,(H,47,55). The molecule has 9 atom stereocenters. The van der Waals surface area contributed by atoms with E-state index in [4.69, 9.17) is 9.47 Å². The Morgan fingerprint density at radius 2 is 1.05 bits per heavy atom. The average molecular weight is 816 g/mol. The third-order valence-corrected chi connectivity index (χ3v) is 11.6. The highest BCUT2D eigenvalue weighted by Crippen LogP contribution is 2.23. The van der Waals surface area contributed by atoms with Crippen molar-refractivity contribution in [3.8, 4) is 0 Å². The summed E-state index contributed by atoms with van der Waals surface area (Å²) < 4.78 is 11.1. The lowest BCUT2D eigenvalue weighted by Crippen LogP contribution is -2.60. The van der Waals surface area contributed by atoms with Gasteiger partial charge in [-0.05, 0) is 25.7 Å². The molecule has 0 aromatic carbocycles. The van der Waals surface area contributed by atoms with Crippen molar-refractivity contribution in [2.75, 3.05) is 13.2 Å². The number of carbonyl (C=O) groups is 1. The summed E-state index contributed by atoms with van der Waals surface area (Å²) >= 11 is 0. The molecule has 1 amide bonds. The molecule has 57 heavy (non-hydrogen) atoms. The van der Waals surface area contributed by atoms with Crippen LogP contribution >= 0.6 is 0 Å². The smallest absolute Gasteiger partial charge is 0.249 e. The first-order valence-corrected chi connectivity index (χ1v) is 23.6. The van der Waals surface area contributed by atoms with Crippen LogP contribution in [0.2, 0.25) is 0 Å². The maximum Gasteiger partial charge on any atom is 0.249 e. The van der Waals surface area contributed by atoms with Crippen LogP contribution in [0.1, 0.15) is 206 Å². The van der Waals surface area contributed by atoms with Gasteiger partial charge in [0.15, 0.2) is 6.29 Å². The second-order valence-electron chi connectivity index (χ2n) is 16.8. The number of nitrogens with one attached hydrogen (secondary N) is 1. The normalized spacial score (nSPS) is 22.2. The van der Waals surface area contributed by atoms with Gasteiger partial charge in [0.25, 0.3) is 0 Å². The van der Waals surface area contributed by atoms with Crippen LogP contribution < -0.4 is 5.32 Å². The molecule has 0 saturated carbocycles. The molecule has 11 heteroatoms. The number of unbranched alkanes of at least 4 members (excludes halogenated alkanes) is 26. The maximum atomic E-state index is 13.1. The van der Waals surface area contributed by atoms with Crippen molar-refractivity contribution >= 4 is 5.91 Å². The predicted octanol–water partition coefficient (Wildman–Crippen LogP) is 7.67. The first-order chi connectivity index (χ1) is 27.7. The third kappa shape index (κ3) is 26.6. The first kappa shape index (κ1) is 53.9. The SMILES string of the molecule is CCCCCCCCCCCC=CCC(O)C(O)C(COC1OC(CO)C(O)C(O)C1O)NC(=O)C(O)CCCCCCCCCCCCCCCCCCCC. The summed E-state index contributed by atoms with van der Waals surface area (Å²) in [7, 11) is 0. The molecule has 0 aromatic heterocycles. The van der Waals surface area contributed by atoms with Crippen molar-refractivity contribution < 1.29 is 50.0 Å². The van der Waals surface area contributed by atoms with Gasteiger partial charge >= 0.3 is 0 Å². The van der Waals surface area contributed by atoms with Crippen LogP contribution in [0, 0.1) is 0 Å². The average Bonchev–Trinajstić information content (AvgIpc) is 3.21. The van der Waals surface area contributed by atoms with Crippen LogP contribution in [0.5, 0.6) is 0 Å². The number of aliphatic hydroxyl groups is 7. The van der Waals surface area contributed by atoms with Gasteiger partial charge in [0.2, 0.25) is 5.91 Å². The zero-order valence-electron chi connectivity index (χ0n) is 36.3. The Kier molecular flexibility index (Phi) is 34.7. The molecule has 8 N–H and O–H groups in total. The van der Waals surface area contributed by atoms with Gasteiger partial charge in [-0.2, -0.15) is 0 Å². The molecule has 1 aliphatic heterocycles. The van der Waals surface area contributed by atoms with Crippen molar-refractivity contribution in [2.24, 2.45) is 0 Å². The molecule has 0 spiro atoms. The number of rotatable bonds is 39. The Morgan fingerprint density at radius 1 is 0.614 bits per heavy atom. The Labute approximate surface area is 347 Å². The van der Waals surface area contributed by atoms with E-state index in [9.17, 15) is 40.5 Å². The number of hydrogen-bond acceptors (Lipinski definition) is 10. The number of ether oxygens (including phenoxy) is 2. The second-order valence-corrected chi connectivity index (χ2v) is 16.8. The largest absolute Gasteiger partial charge is 0.394 e. The summed E-state index contributed by atoms with van der Waals surface area (Å²) in [6.45, 7) is 3.41.